The summed E-state index contributed by atoms with van der Waals surface area (Å²) in [4.78, 5) is 15.3. The van der Waals surface area contributed by atoms with Gasteiger partial charge in [0, 0.05) is 23.9 Å². The lowest BCUT2D eigenvalue weighted by Gasteiger charge is -2.61. The van der Waals surface area contributed by atoms with Crippen molar-refractivity contribution >= 4 is 15.9 Å². The molecule has 1 saturated carbocycles. The number of amides is 1. The molecule has 2 aliphatic carbocycles. The Hall–Kier alpha value is -2.38. The molecule has 0 radical (unpaired) electrons. The summed E-state index contributed by atoms with van der Waals surface area (Å²) in [5, 5.41) is 15.3. The minimum absolute atomic E-state index is 0.0104. The van der Waals surface area contributed by atoms with E-state index in [9.17, 15) is 18.3 Å². The monoisotopic (exact) mass is 498 g/mol. The highest BCUT2D eigenvalue weighted by atomic mass is 32.2. The lowest BCUT2D eigenvalue weighted by atomic mass is 9.51. The Morgan fingerprint density at radius 2 is 1.71 bits per heavy atom. The number of likely N-dealkylation sites (tertiary alicyclic amines) is 1. The van der Waals surface area contributed by atoms with Crippen molar-refractivity contribution < 1.29 is 18.3 Å². The third-order valence-electron chi connectivity index (χ3n) is 8.83. The first-order valence-electron chi connectivity index (χ1n) is 12.6. The Kier molecular flexibility index (Phi) is 7.04. The smallest absolute Gasteiger partial charge is 0.225 e. The summed E-state index contributed by atoms with van der Waals surface area (Å²) >= 11 is 0. The maximum absolute atomic E-state index is 13.2. The number of hydrogen-bond donors (Lipinski definition) is 2. The molecule has 1 saturated heterocycles. The van der Waals surface area contributed by atoms with E-state index in [-0.39, 0.29) is 28.5 Å². The van der Waals surface area contributed by atoms with E-state index in [1.807, 2.05) is 12.1 Å². The van der Waals surface area contributed by atoms with Crippen molar-refractivity contribution in [1.29, 1.82) is 0 Å². The summed E-state index contributed by atoms with van der Waals surface area (Å²) in [5.41, 5.74) is 3.09. The Morgan fingerprint density at radius 3 is 2.34 bits per heavy atom. The molecule has 6 nitrogen and oxygen atoms in total. The fourth-order valence-electron chi connectivity index (χ4n) is 6.40. The van der Waals surface area contributed by atoms with Gasteiger partial charge in [-0.1, -0.05) is 76.1 Å². The highest BCUT2D eigenvalue weighted by Crippen LogP contribution is 2.57. The topological polar surface area (TPSA) is 101 Å². The molecule has 2 atom stereocenters. The number of phenols is 1. The van der Waals surface area contributed by atoms with Crippen molar-refractivity contribution in [2.75, 3.05) is 6.54 Å². The van der Waals surface area contributed by atoms with Gasteiger partial charge in [0.05, 0.1) is 5.75 Å². The van der Waals surface area contributed by atoms with Gasteiger partial charge in [-0.3, -0.25) is 4.79 Å². The van der Waals surface area contributed by atoms with Crippen LogP contribution in [0.2, 0.25) is 0 Å². The molecule has 0 unspecified atom stereocenters. The minimum Gasteiger partial charge on any atom is -0.508 e. The summed E-state index contributed by atoms with van der Waals surface area (Å²) in [6, 6.07) is 15.0. The lowest BCUT2D eigenvalue weighted by Crippen LogP contribution is -2.65. The molecule has 0 spiro atoms. The van der Waals surface area contributed by atoms with Gasteiger partial charge < -0.3 is 10.0 Å². The predicted molar refractivity (Wildman–Crippen MR) is 138 cm³/mol. The van der Waals surface area contributed by atoms with Crippen molar-refractivity contribution in [3.63, 3.8) is 0 Å². The molecule has 35 heavy (non-hydrogen) atoms. The van der Waals surface area contributed by atoms with Crippen LogP contribution >= 0.6 is 0 Å². The van der Waals surface area contributed by atoms with E-state index in [0.717, 1.165) is 43.4 Å². The number of nitrogens with two attached hydrogens (primary N) is 1. The number of carbonyl (C=O) groups excluding carboxylic acids is 1. The standard InChI is InChI=1S/C21H29NO2.C7H9NO2S/c1-20(2)18-13-15-16(9-6-10-17(15)23)21(20,3)11-12-22(18)19(24)14-7-4-5-8-14;8-11(9,10)6-7-4-2-1-3-5-7/h6,9-10,14,18,23H,4-5,7-8,11-13H2,1-3H3;1-5H,6H2,(H2,8,9,10)/t18-,21+;/m1./s1. The largest absolute Gasteiger partial charge is 0.508 e. The van der Waals surface area contributed by atoms with Crippen LogP contribution in [0, 0.1) is 11.3 Å². The quantitative estimate of drug-likeness (QED) is 0.651. The Balaban J connectivity index is 0.000000221. The number of primary sulfonamides is 1. The molecule has 190 valence electrons. The van der Waals surface area contributed by atoms with Crippen LogP contribution in [0.15, 0.2) is 48.5 Å². The van der Waals surface area contributed by atoms with Crippen LogP contribution in [0.5, 0.6) is 5.75 Å². The fraction of sp³-hybridized carbons (Fsp3) is 0.536. The van der Waals surface area contributed by atoms with Crippen molar-refractivity contribution in [2.24, 2.45) is 16.5 Å². The van der Waals surface area contributed by atoms with Crippen LogP contribution in [-0.2, 0) is 32.4 Å². The van der Waals surface area contributed by atoms with Crippen LogP contribution < -0.4 is 5.14 Å². The van der Waals surface area contributed by atoms with Crippen LogP contribution in [0.25, 0.3) is 0 Å². The number of aromatic hydroxyl groups is 1. The van der Waals surface area contributed by atoms with Crippen LogP contribution in [-0.4, -0.2) is 36.9 Å². The first kappa shape index (κ1) is 25.7. The molecule has 1 aliphatic heterocycles. The minimum atomic E-state index is -3.38. The fourth-order valence-corrected chi connectivity index (χ4v) is 7.06. The first-order valence-corrected chi connectivity index (χ1v) is 14.3. The van der Waals surface area contributed by atoms with Gasteiger partial charge in [0.2, 0.25) is 15.9 Å². The van der Waals surface area contributed by atoms with Gasteiger partial charge >= 0.3 is 0 Å². The van der Waals surface area contributed by atoms with E-state index >= 15 is 0 Å². The lowest BCUT2D eigenvalue weighted by molar-refractivity contribution is -0.148. The van der Waals surface area contributed by atoms with E-state index in [0.29, 0.717) is 11.7 Å². The molecule has 2 fully saturated rings. The molecular formula is C28H38N2O4S. The summed E-state index contributed by atoms with van der Waals surface area (Å²) < 4.78 is 21.2. The van der Waals surface area contributed by atoms with Gasteiger partial charge in [-0.25, -0.2) is 13.6 Å². The van der Waals surface area contributed by atoms with E-state index in [2.05, 4.69) is 31.7 Å². The molecular weight excluding hydrogens is 460 g/mol. The molecule has 3 N–H and O–H groups in total. The van der Waals surface area contributed by atoms with Crippen LogP contribution in [0.4, 0.5) is 0 Å². The number of hydrogen-bond acceptors (Lipinski definition) is 4. The molecule has 2 bridgehead atoms. The molecule has 1 heterocycles. The Morgan fingerprint density at radius 1 is 1.06 bits per heavy atom. The third-order valence-corrected chi connectivity index (χ3v) is 9.56. The van der Waals surface area contributed by atoms with Gasteiger partial charge in [-0.05, 0) is 53.9 Å². The normalized spacial score (nSPS) is 25.4. The average molecular weight is 499 g/mol. The van der Waals surface area contributed by atoms with Crippen LogP contribution in [0.1, 0.15) is 69.6 Å². The second-order valence-electron chi connectivity index (χ2n) is 11.1. The summed E-state index contributed by atoms with van der Waals surface area (Å²) in [6.07, 6.45) is 6.26. The van der Waals surface area contributed by atoms with Gasteiger partial charge in [-0.15, -0.1) is 0 Å². The van der Waals surface area contributed by atoms with Crippen molar-refractivity contribution in [3.05, 3.63) is 65.2 Å². The van der Waals surface area contributed by atoms with E-state index in [4.69, 9.17) is 5.14 Å². The number of nitrogens with zero attached hydrogens (tertiary/aromatic N) is 1. The van der Waals surface area contributed by atoms with Crippen LogP contribution in [0.3, 0.4) is 0 Å². The first-order chi connectivity index (χ1) is 16.4. The SMILES string of the molecule is CC1(C)[C@H]2Cc3c(O)cccc3[C@]1(C)CCN2C(=O)C1CCCC1.NS(=O)(=O)Cc1ccccc1. The Labute approximate surface area is 209 Å². The van der Waals surface area contributed by atoms with Gasteiger partial charge in [0.25, 0.3) is 0 Å². The number of fused-ring (bicyclic) bond motifs is 4. The van der Waals surface area contributed by atoms with Crippen molar-refractivity contribution in [1.82, 2.24) is 4.90 Å². The van der Waals surface area contributed by atoms with Gasteiger partial charge in [0.15, 0.2) is 0 Å². The zero-order chi connectivity index (χ0) is 25.4. The zero-order valence-corrected chi connectivity index (χ0v) is 21.9. The number of sulfonamides is 1. The summed E-state index contributed by atoms with van der Waals surface area (Å²) in [5.74, 6) is 0.908. The number of benzene rings is 2. The average Bonchev–Trinajstić information content (AvgIpc) is 3.32. The van der Waals surface area contributed by atoms with E-state index in [1.165, 1.54) is 18.4 Å². The molecule has 0 aromatic heterocycles. The van der Waals surface area contributed by atoms with E-state index in [1.54, 1.807) is 30.3 Å². The molecule has 5 rings (SSSR count). The molecule has 1 amide bonds. The van der Waals surface area contributed by atoms with Crippen molar-refractivity contribution in [2.45, 2.75) is 76.5 Å². The maximum atomic E-state index is 13.2. The second kappa shape index (κ2) is 9.58. The number of rotatable bonds is 3. The molecule has 2 aromatic rings. The third kappa shape index (κ3) is 4.98. The zero-order valence-electron chi connectivity index (χ0n) is 21.0. The second-order valence-corrected chi connectivity index (χ2v) is 12.7. The molecule has 2 aromatic carbocycles. The molecule has 3 aliphatic rings. The highest BCUT2D eigenvalue weighted by molar-refractivity contribution is 7.88. The number of phenolic OH excluding ortho intramolecular Hbond substituents is 1. The highest BCUT2D eigenvalue weighted by Gasteiger charge is 2.57. The predicted octanol–water partition coefficient (Wildman–Crippen LogP) is 4.50. The molecule has 7 heteroatoms. The number of carbonyl (C=O) groups is 1. The summed E-state index contributed by atoms with van der Waals surface area (Å²) in [7, 11) is -3.38. The van der Waals surface area contributed by atoms with Gasteiger partial charge in [-0.2, -0.15) is 0 Å². The maximum Gasteiger partial charge on any atom is 0.225 e. The number of piperidine rings is 1. The van der Waals surface area contributed by atoms with Gasteiger partial charge in [0.1, 0.15) is 5.75 Å². The Bertz CT molecular complexity index is 1170. The summed E-state index contributed by atoms with van der Waals surface area (Å²) in [6.45, 7) is 7.82. The van der Waals surface area contributed by atoms with Crippen molar-refractivity contribution in [3.8, 4) is 5.75 Å². The van der Waals surface area contributed by atoms with E-state index < -0.39 is 10.0 Å².